The van der Waals surface area contributed by atoms with Crippen molar-refractivity contribution in [2.24, 2.45) is 5.73 Å². The van der Waals surface area contributed by atoms with Gasteiger partial charge in [-0.2, -0.15) is 5.10 Å². The van der Waals surface area contributed by atoms with Gasteiger partial charge in [-0.3, -0.25) is 4.79 Å². The first kappa shape index (κ1) is 13.3. The Morgan fingerprint density at radius 2 is 2.11 bits per heavy atom. The number of benzene rings is 1. The smallest absolute Gasteiger partial charge is 0.224 e. The summed E-state index contributed by atoms with van der Waals surface area (Å²) in [5, 5.41) is 6.99. The van der Waals surface area contributed by atoms with Crippen molar-refractivity contribution in [1.82, 2.24) is 15.1 Å². The molecule has 1 amide bonds. The van der Waals surface area contributed by atoms with E-state index in [1.54, 1.807) is 10.9 Å². The molecule has 1 aromatic heterocycles. The summed E-state index contributed by atoms with van der Waals surface area (Å²) in [7, 11) is 0. The maximum atomic E-state index is 11.6. The topological polar surface area (TPSA) is 72.9 Å². The highest BCUT2D eigenvalue weighted by Gasteiger charge is 2.03. The zero-order valence-electron chi connectivity index (χ0n) is 10.7. The van der Waals surface area contributed by atoms with Crippen LogP contribution in [-0.4, -0.2) is 28.8 Å². The molecule has 0 atom stereocenters. The lowest BCUT2D eigenvalue weighted by Crippen LogP contribution is -2.27. The lowest BCUT2D eigenvalue weighted by molar-refractivity contribution is -0.120. The Morgan fingerprint density at radius 1 is 1.32 bits per heavy atom. The fraction of sp³-hybridized carbons (Fsp3) is 0.286. The second kappa shape index (κ2) is 6.70. The molecule has 0 aliphatic rings. The molecule has 0 fully saturated rings. The Kier molecular flexibility index (Phi) is 4.69. The number of hydrogen-bond acceptors (Lipinski definition) is 3. The molecule has 0 spiro atoms. The van der Waals surface area contributed by atoms with Crippen LogP contribution >= 0.6 is 0 Å². The Labute approximate surface area is 112 Å². The van der Waals surface area contributed by atoms with Crippen molar-refractivity contribution in [2.75, 3.05) is 13.1 Å². The van der Waals surface area contributed by atoms with Crippen molar-refractivity contribution < 1.29 is 4.79 Å². The van der Waals surface area contributed by atoms with Gasteiger partial charge in [0.25, 0.3) is 0 Å². The number of aromatic nitrogens is 2. The summed E-state index contributed by atoms with van der Waals surface area (Å²) in [6.07, 6.45) is 4.82. The first-order chi connectivity index (χ1) is 9.29. The van der Waals surface area contributed by atoms with Crippen molar-refractivity contribution in [3.63, 3.8) is 0 Å². The zero-order chi connectivity index (χ0) is 13.5. The minimum absolute atomic E-state index is 0.0280. The fourth-order valence-electron chi connectivity index (χ4n) is 1.77. The molecule has 3 N–H and O–H groups in total. The zero-order valence-corrected chi connectivity index (χ0v) is 10.7. The summed E-state index contributed by atoms with van der Waals surface area (Å²) in [6, 6.07) is 9.67. The maximum Gasteiger partial charge on any atom is 0.224 e. The first-order valence-corrected chi connectivity index (χ1v) is 6.35. The summed E-state index contributed by atoms with van der Waals surface area (Å²) in [5.74, 6) is 0.0280. The van der Waals surface area contributed by atoms with Gasteiger partial charge in [-0.1, -0.05) is 12.1 Å². The van der Waals surface area contributed by atoms with E-state index in [1.807, 2.05) is 36.5 Å². The average molecular weight is 258 g/mol. The van der Waals surface area contributed by atoms with Crippen molar-refractivity contribution in [3.8, 4) is 5.69 Å². The minimum Gasteiger partial charge on any atom is -0.356 e. The van der Waals surface area contributed by atoms with Crippen molar-refractivity contribution in [2.45, 2.75) is 12.8 Å². The van der Waals surface area contributed by atoms with Crippen LogP contribution in [0.5, 0.6) is 0 Å². The summed E-state index contributed by atoms with van der Waals surface area (Å²) in [4.78, 5) is 11.6. The van der Waals surface area contributed by atoms with E-state index in [1.165, 1.54) is 0 Å². The third-order valence-electron chi connectivity index (χ3n) is 2.77. The summed E-state index contributed by atoms with van der Waals surface area (Å²) < 4.78 is 1.78. The second-order valence-corrected chi connectivity index (χ2v) is 4.29. The lowest BCUT2D eigenvalue weighted by Gasteiger charge is -2.06. The SMILES string of the molecule is NCCCNC(=O)Cc1ccc(-n2cccn2)cc1. The van der Waals surface area contributed by atoms with Crippen LogP contribution in [0.3, 0.4) is 0 Å². The molecule has 1 heterocycles. The Bertz CT molecular complexity index is 505. The number of amides is 1. The molecule has 0 bridgehead atoms. The molecule has 0 aliphatic heterocycles. The van der Waals surface area contributed by atoms with Crippen LogP contribution < -0.4 is 11.1 Å². The van der Waals surface area contributed by atoms with Gasteiger partial charge in [0.1, 0.15) is 0 Å². The average Bonchev–Trinajstić information content (AvgIpc) is 2.94. The second-order valence-electron chi connectivity index (χ2n) is 4.29. The van der Waals surface area contributed by atoms with Crippen molar-refractivity contribution in [1.29, 1.82) is 0 Å². The Hall–Kier alpha value is -2.14. The van der Waals surface area contributed by atoms with E-state index in [0.717, 1.165) is 17.7 Å². The molecule has 0 saturated heterocycles. The number of nitrogens with zero attached hydrogens (tertiary/aromatic N) is 2. The van der Waals surface area contributed by atoms with Crippen LogP contribution in [0.1, 0.15) is 12.0 Å². The molecule has 100 valence electrons. The molecule has 0 saturated carbocycles. The van der Waals surface area contributed by atoms with Crippen LogP contribution in [-0.2, 0) is 11.2 Å². The van der Waals surface area contributed by atoms with E-state index in [9.17, 15) is 4.79 Å². The number of nitrogens with two attached hydrogens (primary N) is 1. The maximum absolute atomic E-state index is 11.6. The van der Waals surface area contributed by atoms with Crippen LogP contribution in [0.4, 0.5) is 0 Å². The largest absolute Gasteiger partial charge is 0.356 e. The van der Waals surface area contributed by atoms with Gasteiger partial charge in [-0.25, -0.2) is 4.68 Å². The van der Waals surface area contributed by atoms with Gasteiger partial charge < -0.3 is 11.1 Å². The van der Waals surface area contributed by atoms with Crippen molar-refractivity contribution in [3.05, 3.63) is 48.3 Å². The third-order valence-corrected chi connectivity index (χ3v) is 2.77. The molecule has 1 aromatic carbocycles. The van der Waals surface area contributed by atoms with Crippen LogP contribution in [0.15, 0.2) is 42.7 Å². The fourth-order valence-corrected chi connectivity index (χ4v) is 1.77. The Morgan fingerprint density at radius 3 is 2.74 bits per heavy atom. The van der Waals surface area contributed by atoms with E-state index in [4.69, 9.17) is 5.73 Å². The molecule has 5 nitrogen and oxygen atoms in total. The molecule has 0 unspecified atom stereocenters. The Balaban J connectivity index is 1.90. The van der Waals surface area contributed by atoms with E-state index in [0.29, 0.717) is 19.5 Å². The molecule has 2 aromatic rings. The number of nitrogens with one attached hydrogen (secondary N) is 1. The van der Waals surface area contributed by atoms with Crippen molar-refractivity contribution >= 4 is 5.91 Å². The quantitative estimate of drug-likeness (QED) is 0.755. The summed E-state index contributed by atoms with van der Waals surface area (Å²) in [5.41, 5.74) is 7.34. The van der Waals surface area contributed by atoms with E-state index < -0.39 is 0 Å². The summed E-state index contributed by atoms with van der Waals surface area (Å²) >= 11 is 0. The van der Waals surface area contributed by atoms with Gasteiger partial charge in [0, 0.05) is 18.9 Å². The molecule has 5 heteroatoms. The lowest BCUT2D eigenvalue weighted by atomic mass is 10.1. The molecule has 19 heavy (non-hydrogen) atoms. The van der Waals surface area contributed by atoms with Gasteiger partial charge in [0.15, 0.2) is 0 Å². The van der Waals surface area contributed by atoms with Crippen LogP contribution in [0.25, 0.3) is 5.69 Å². The van der Waals surface area contributed by atoms with Gasteiger partial charge >= 0.3 is 0 Å². The normalized spacial score (nSPS) is 10.4. The highest BCUT2D eigenvalue weighted by molar-refractivity contribution is 5.78. The highest BCUT2D eigenvalue weighted by atomic mass is 16.1. The van der Waals surface area contributed by atoms with E-state index in [-0.39, 0.29) is 5.91 Å². The minimum atomic E-state index is 0.0280. The standard InChI is InChI=1S/C14H18N4O/c15-7-1-8-16-14(19)11-12-3-5-13(6-4-12)18-10-2-9-17-18/h2-6,9-10H,1,7-8,11,15H2,(H,16,19). The van der Waals surface area contributed by atoms with Gasteiger partial charge in [-0.05, 0) is 36.7 Å². The van der Waals surface area contributed by atoms with Crippen LogP contribution in [0, 0.1) is 0 Å². The predicted octanol–water partition coefficient (Wildman–Crippen LogP) is 0.880. The molecular weight excluding hydrogens is 240 g/mol. The highest BCUT2D eigenvalue weighted by Crippen LogP contribution is 2.09. The number of carbonyl (C=O) groups is 1. The molecule has 2 rings (SSSR count). The summed E-state index contributed by atoms with van der Waals surface area (Å²) in [6.45, 7) is 1.24. The van der Waals surface area contributed by atoms with E-state index >= 15 is 0 Å². The predicted molar refractivity (Wildman–Crippen MR) is 73.9 cm³/mol. The van der Waals surface area contributed by atoms with Gasteiger partial charge in [0.2, 0.25) is 5.91 Å². The van der Waals surface area contributed by atoms with Gasteiger partial charge in [-0.15, -0.1) is 0 Å². The first-order valence-electron chi connectivity index (χ1n) is 6.35. The monoisotopic (exact) mass is 258 g/mol. The van der Waals surface area contributed by atoms with Gasteiger partial charge in [0.05, 0.1) is 12.1 Å². The molecule has 0 aliphatic carbocycles. The molecular formula is C14H18N4O. The number of rotatable bonds is 6. The number of carbonyl (C=O) groups excluding carboxylic acids is 1. The molecule has 0 radical (unpaired) electrons. The van der Waals surface area contributed by atoms with Crippen LogP contribution in [0.2, 0.25) is 0 Å². The third kappa shape index (κ3) is 3.93. The number of hydrogen-bond donors (Lipinski definition) is 2. The van der Waals surface area contributed by atoms with E-state index in [2.05, 4.69) is 10.4 Å².